The smallest absolute Gasteiger partial charge is 0.258 e. The van der Waals surface area contributed by atoms with Crippen molar-refractivity contribution in [3.63, 3.8) is 0 Å². The molecule has 4 nitrogen and oxygen atoms in total. The van der Waals surface area contributed by atoms with Gasteiger partial charge in [0.2, 0.25) is 0 Å². The van der Waals surface area contributed by atoms with Crippen LogP contribution in [0.4, 0.5) is 10.1 Å². The minimum Gasteiger partial charge on any atom is -0.258 e. The van der Waals surface area contributed by atoms with E-state index in [1.54, 1.807) is 6.07 Å². The van der Waals surface area contributed by atoms with Gasteiger partial charge in [0.1, 0.15) is 10.3 Å². The highest BCUT2D eigenvalue weighted by Crippen LogP contribution is 2.30. The largest absolute Gasteiger partial charge is 0.284 e. The van der Waals surface area contributed by atoms with E-state index < -0.39 is 10.7 Å². The van der Waals surface area contributed by atoms with E-state index in [9.17, 15) is 14.5 Å². The van der Waals surface area contributed by atoms with E-state index >= 15 is 0 Å². The van der Waals surface area contributed by atoms with Crippen LogP contribution >= 0.6 is 15.9 Å². The molecule has 0 amide bonds. The first-order chi connectivity index (χ1) is 6.57. The molecule has 0 saturated heterocycles. The SMILES string of the molecule is N#CCc1c(F)ccc([N+](=O)[O-])c1Br. The molecule has 0 unspecified atom stereocenters. The molecule has 0 N–H and O–H groups in total. The van der Waals surface area contributed by atoms with Gasteiger partial charge in [-0.2, -0.15) is 5.26 Å². The predicted molar refractivity (Wildman–Crippen MR) is 50.1 cm³/mol. The number of nitrogens with zero attached hydrogens (tertiary/aromatic N) is 2. The lowest BCUT2D eigenvalue weighted by molar-refractivity contribution is -0.385. The van der Waals surface area contributed by atoms with Crippen molar-refractivity contribution in [3.8, 4) is 6.07 Å². The summed E-state index contributed by atoms with van der Waals surface area (Å²) in [6.07, 6.45) is -0.200. The maximum Gasteiger partial charge on any atom is 0.284 e. The van der Waals surface area contributed by atoms with E-state index in [1.807, 2.05) is 0 Å². The summed E-state index contributed by atoms with van der Waals surface area (Å²) in [5.41, 5.74) is -0.224. The Morgan fingerprint density at radius 1 is 1.64 bits per heavy atom. The lowest BCUT2D eigenvalue weighted by atomic mass is 10.1. The van der Waals surface area contributed by atoms with Crippen LogP contribution in [0.5, 0.6) is 0 Å². The molecule has 1 aromatic carbocycles. The van der Waals surface area contributed by atoms with Crippen LogP contribution < -0.4 is 0 Å². The molecule has 0 heterocycles. The molecule has 0 radical (unpaired) electrons. The number of nitriles is 1. The minimum absolute atomic E-state index is 0.0155. The number of hydrogen-bond acceptors (Lipinski definition) is 3. The Bertz CT molecular complexity index is 428. The molecule has 0 spiro atoms. The van der Waals surface area contributed by atoms with Gasteiger partial charge < -0.3 is 0 Å². The molecule has 14 heavy (non-hydrogen) atoms. The zero-order valence-electron chi connectivity index (χ0n) is 6.83. The molecule has 0 bridgehead atoms. The highest BCUT2D eigenvalue weighted by Gasteiger charge is 2.18. The third-order valence-electron chi connectivity index (χ3n) is 1.62. The molecule has 0 aliphatic carbocycles. The normalized spacial score (nSPS) is 9.50. The zero-order valence-corrected chi connectivity index (χ0v) is 8.41. The third kappa shape index (κ3) is 1.88. The second-order valence-corrected chi connectivity index (χ2v) is 3.24. The van der Waals surface area contributed by atoms with Gasteiger partial charge in [-0.25, -0.2) is 4.39 Å². The van der Waals surface area contributed by atoms with Gasteiger partial charge >= 0.3 is 0 Å². The summed E-state index contributed by atoms with van der Waals surface area (Å²) in [4.78, 5) is 9.83. The van der Waals surface area contributed by atoms with E-state index in [0.717, 1.165) is 12.1 Å². The monoisotopic (exact) mass is 258 g/mol. The van der Waals surface area contributed by atoms with Crippen molar-refractivity contribution < 1.29 is 9.31 Å². The summed E-state index contributed by atoms with van der Waals surface area (Å²) in [6.45, 7) is 0. The Hall–Kier alpha value is -1.48. The van der Waals surface area contributed by atoms with Crippen molar-refractivity contribution in [2.75, 3.05) is 0 Å². The molecule has 0 atom stereocenters. The molecule has 0 fully saturated rings. The Labute approximate surface area is 87.2 Å². The fourth-order valence-electron chi connectivity index (χ4n) is 0.967. The minimum atomic E-state index is -0.635. The second-order valence-electron chi connectivity index (χ2n) is 2.45. The van der Waals surface area contributed by atoms with Crippen LogP contribution in [0.2, 0.25) is 0 Å². The summed E-state index contributed by atoms with van der Waals surface area (Å²) in [5, 5.41) is 18.9. The van der Waals surface area contributed by atoms with Gasteiger partial charge in [0, 0.05) is 11.6 Å². The number of hydrogen-bond donors (Lipinski definition) is 0. The van der Waals surface area contributed by atoms with Crippen LogP contribution in [0.25, 0.3) is 0 Å². The van der Waals surface area contributed by atoms with Crippen LogP contribution in [0, 0.1) is 27.3 Å². The van der Waals surface area contributed by atoms with E-state index in [4.69, 9.17) is 5.26 Å². The van der Waals surface area contributed by atoms with Crippen LogP contribution in [0.1, 0.15) is 5.56 Å². The molecule has 0 saturated carbocycles. The van der Waals surface area contributed by atoms with Crippen LogP contribution in [-0.4, -0.2) is 4.92 Å². The quantitative estimate of drug-likeness (QED) is 0.605. The lowest BCUT2D eigenvalue weighted by Crippen LogP contribution is -1.96. The van der Waals surface area contributed by atoms with E-state index in [-0.39, 0.29) is 22.1 Å². The first-order valence-corrected chi connectivity index (χ1v) is 4.35. The van der Waals surface area contributed by atoms with E-state index in [1.165, 1.54) is 0 Å². The van der Waals surface area contributed by atoms with Crippen molar-refractivity contribution in [1.82, 2.24) is 0 Å². The standard InChI is InChI=1S/C8H4BrFN2O2/c9-8-5(3-4-11)6(10)1-2-7(8)12(13)14/h1-2H,3H2. The van der Waals surface area contributed by atoms with Crippen LogP contribution in [0.15, 0.2) is 16.6 Å². The molecule has 1 aromatic rings. The van der Waals surface area contributed by atoms with Gasteiger partial charge in [-0.3, -0.25) is 10.1 Å². The lowest BCUT2D eigenvalue weighted by Gasteiger charge is -2.01. The van der Waals surface area contributed by atoms with Crippen LogP contribution in [-0.2, 0) is 6.42 Å². The molecule has 6 heteroatoms. The molecule has 1 rings (SSSR count). The van der Waals surface area contributed by atoms with E-state index in [0.29, 0.717) is 0 Å². The first-order valence-electron chi connectivity index (χ1n) is 3.56. The number of nitro groups is 1. The van der Waals surface area contributed by atoms with Gasteiger partial charge in [-0.05, 0) is 22.0 Å². The summed E-state index contributed by atoms with van der Waals surface area (Å²) < 4.78 is 13.1. The zero-order chi connectivity index (χ0) is 10.7. The summed E-state index contributed by atoms with van der Waals surface area (Å²) in [6, 6.07) is 3.78. The Morgan fingerprint density at radius 3 is 2.79 bits per heavy atom. The van der Waals surface area contributed by atoms with Gasteiger partial charge in [0.05, 0.1) is 17.4 Å². The van der Waals surface area contributed by atoms with Crippen molar-refractivity contribution in [2.24, 2.45) is 0 Å². The Balaban J connectivity index is 3.35. The average molecular weight is 259 g/mol. The summed E-state index contributed by atoms with van der Waals surface area (Å²) in [7, 11) is 0. The number of halogens is 2. The maximum atomic E-state index is 13.1. The summed E-state index contributed by atoms with van der Waals surface area (Å²) >= 11 is 2.90. The number of rotatable bonds is 2. The number of nitro benzene ring substituents is 1. The summed E-state index contributed by atoms with van der Waals surface area (Å²) in [5.74, 6) is -0.621. The average Bonchev–Trinajstić information content (AvgIpc) is 2.11. The van der Waals surface area contributed by atoms with Gasteiger partial charge in [0.15, 0.2) is 0 Å². The van der Waals surface area contributed by atoms with Crippen molar-refractivity contribution in [3.05, 3.63) is 38.1 Å². The van der Waals surface area contributed by atoms with E-state index in [2.05, 4.69) is 15.9 Å². The topological polar surface area (TPSA) is 66.9 Å². The maximum absolute atomic E-state index is 13.1. The van der Waals surface area contributed by atoms with Crippen molar-refractivity contribution >= 4 is 21.6 Å². The van der Waals surface area contributed by atoms with Crippen molar-refractivity contribution in [1.29, 1.82) is 5.26 Å². The molecule has 0 aromatic heterocycles. The van der Waals surface area contributed by atoms with Gasteiger partial charge in [-0.1, -0.05) is 0 Å². The molecular weight excluding hydrogens is 255 g/mol. The van der Waals surface area contributed by atoms with Crippen LogP contribution in [0.3, 0.4) is 0 Å². The van der Waals surface area contributed by atoms with Gasteiger partial charge in [-0.15, -0.1) is 0 Å². The molecule has 0 aliphatic heterocycles. The molecule has 0 aliphatic rings. The highest BCUT2D eigenvalue weighted by atomic mass is 79.9. The molecule has 72 valence electrons. The fraction of sp³-hybridized carbons (Fsp3) is 0.125. The predicted octanol–water partition coefficient (Wildman–Crippen LogP) is 2.56. The van der Waals surface area contributed by atoms with Gasteiger partial charge in [0.25, 0.3) is 5.69 Å². The fourth-order valence-corrected chi connectivity index (χ4v) is 1.57. The third-order valence-corrected chi connectivity index (χ3v) is 2.50. The second kappa shape index (κ2) is 4.15. The number of benzene rings is 1. The molecular formula is C8H4BrFN2O2. The Kier molecular flexibility index (Phi) is 3.14. The first kappa shape index (κ1) is 10.6. The highest BCUT2D eigenvalue weighted by molar-refractivity contribution is 9.10. The Morgan fingerprint density at radius 2 is 2.29 bits per heavy atom. The van der Waals surface area contributed by atoms with Crippen molar-refractivity contribution in [2.45, 2.75) is 6.42 Å².